The van der Waals surface area contributed by atoms with Crippen molar-refractivity contribution in [1.29, 1.82) is 5.41 Å². The molecule has 0 saturated heterocycles. The van der Waals surface area contributed by atoms with Gasteiger partial charge in [-0.3, -0.25) is 15.0 Å². The van der Waals surface area contributed by atoms with Crippen LogP contribution in [0.4, 0.5) is 5.69 Å². The monoisotopic (exact) mass is 452 g/mol. The van der Waals surface area contributed by atoms with Gasteiger partial charge in [0.25, 0.3) is 5.91 Å². The quantitative estimate of drug-likeness (QED) is 0.582. The number of Topliss-reactive ketones (excluding diaryl/α,β-unsaturated/α-hetero) is 1. The average molecular weight is 453 g/mol. The highest BCUT2D eigenvalue weighted by molar-refractivity contribution is 6.08. The van der Waals surface area contributed by atoms with Crippen molar-refractivity contribution in [3.05, 3.63) is 52.1 Å². The molecule has 1 heterocycles. The average Bonchev–Trinajstić information content (AvgIpc) is 3.05. The highest BCUT2D eigenvalue weighted by Gasteiger charge is 2.30. The number of rotatable bonds is 6. The van der Waals surface area contributed by atoms with Gasteiger partial charge in [0.05, 0.1) is 19.2 Å². The van der Waals surface area contributed by atoms with Crippen LogP contribution in [-0.4, -0.2) is 62.3 Å². The molecular weight excluding hydrogens is 420 g/mol. The molecule has 0 aliphatic carbocycles. The molecule has 3 N–H and O–H groups in total. The Bertz CT molecular complexity index is 1130. The van der Waals surface area contributed by atoms with Crippen molar-refractivity contribution in [2.75, 3.05) is 39.7 Å². The number of phenols is 1. The second-order valence-corrected chi connectivity index (χ2v) is 9.45. The number of carbonyl (C=O) groups excluding carboxylic acids is 2. The summed E-state index contributed by atoms with van der Waals surface area (Å²) in [5, 5.41) is 21.8. The predicted molar refractivity (Wildman–Crippen MR) is 129 cm³/mol. The molecule has 8 heteroatoms. The van der Waals surface area contributed by atoms with E-state index < -0.39 is 0 Å². The van der Waals surface area contributed by atoms with Crippen LogP contribution in [0.15, 0.2) is 24.3 Å². The minimum atomic E-state index is -0.386. The zero-order valence-electron chi connectivity index (χ0n) is 20.3. The molecule has 1 aliphatic rings. The third-order valence-corrected chi connectivity index (χ3v) is 5.87. The number of amides is 1. The second-order valence-electron chi connectivity index (χ2n) is 9.45. The number of nitrogens with one attached hydrogen (secondary N) is 2. The fourth-order valence-electron chi connectivity index (χ4n) is 4.02. The summed E-state index contributed by atoms with van der Waals surface area (Å²) in [6.07, 6.45) is 0. The van der Waals surface area contributed by atoms with Crippen LogP contribution >= 0.6 is 0 Å². The van der Waals surface area contributed by atoms with E-state index in [1.54, 1.807) is 24.1 Å². The molecule has 0 spiro atoms. The molecule has 2 aromatic carbocycles. The van der Waals surface area contributed by atoms with Crippen molar-refractivity contribution in [1.82, 2.24) is 10.2 Å². The molecule has 0 radical (unpaired) electrons. The van der Waals surface area contributed by atoms with Gasteiger partial charge in [-0.05, 0) is 35.2 Å². The maximum atomic E-state index is 13.2. The molecule has 2 aromatic rings. The van der Waals surface area contributed by atoms with Crippen molar-refractivity contribution >= 4 is 23.2 Å². The van der Waals surface area contributed by atoms with Gasteiger partial charge in [0.2, 0.25) is 0 Å². The molecule has 1 amide bonds. The van der Waals surface area contributed by atoms with Crippen molar-refractivity contribution in [3.63, 3.8) is 0 Å². The van der Waals surface area contributed by atoms with Gasteiger partial charge in [-0.2, -0.15) is 0 Å². The van der Waals surface area contributed by atoms with Gasteiger partial charge in [-0.15, -0.1) is 0 Å². The number of fused-ring (bicyclic) bond motifs is 1. The largest absolute Gasteiger partial charge is 0.504 e. The maximum absolute atomic E-state index is 13.2. The van der Waals surface area contributed by atoms with Crippen LogP contribution < -0.4 is 15.0 Å². The minimum Gasteiger partial charge on any atom is -0.504 e. The zero-order valence-corrected chi connectivity index (χ0v) is 20.3. The van der Waals surface area contributed by atoms with E-state index in [2.05, 4.69) is 5.32 Å². The van der Waals surface area contributed by atoms with Gasteiger partial charge in [0, 0.05) is 50.1 Å². The number of carbonyl (C=O) groups is 2. The van der Waals surface area contributed by atoms with E-state index >= 15 is 0 Å². The highest BCUT2D eigenvalue weighted by Crippen LogP contribution is 2.39. The van der Waals surface area contributed by atoms with E-state index in [0.29, 0.717) is 28.8 Å². The highest BCUT2D eigenvalue weighted by atomic mass is 16.5. The summed E-state index contributed by atoms with van der Waals surface area (Å²) in [6, 6.07) is 6.85. The summed E-state index contributed by atoms with van der Waals surface area (Å²) in [6.45, 7) is 6.26. The number of ketones is 1. The zero-order chi connectivity index (χ0) is 24.7. The normalized spacial score (nSPS) is 13.1. The molecule has 0 aromatic heterocycles. The third kappa shape index (κ3) is 4.51. The molecule has 0 saturated carbocycles. The first-order valence-electron chi connectivity index (χ1n) is 10.7. The first kappa shape index (κ1) is 24.1. The van der Waals surface area contributed by atoms with Gasteiger partial charge in [0.1, 0.15) is 5.84 Å². The Morgan fingerprint density at radius 1 is 1.21 bits per heavy atom. The molecule has 0 fully saturated rings. The molecule has 33 heavy (non-hydrogen) atoms. The first-order chi connectivity index (χ1) is 15.4. The molecular formula is C25H32N4O4. The third-order valence-electron chi connectivity index (χ3n) is 5.87. The number of benzene rings is 2. The number of phenolic OH excluding ortho intramolecular Hbond substituents is 1. The standard InChI is InChI=1S/C25H32N4O4/c1-25(2,3)18-8-14(10-21(33-7)22(18)31)20(30)13-29-12-15-9-19(28(5)6)17(24(32)27-4)11-16(15)23(29)26/h8-11,26,31H,12-13H2,1-7H3,(H,27,32). The van der Waals surface area contributed by atoms with Crippen molar-refractivity contribution in [2.24, 2.45) is 0 Å². The first-order valence-corrected chi connectivity index (χ1v) is 10.7. The summed E-state index contributed by atoms with van der Waals surface area (Å²) in [4.78, 5) is 29.1. The van der Waals surface area contributed by atoms with E-state index in [0.717, 1.165) is 11.3 Å². The lowest BCUT2D eigenvalue weighted by Crippen LogP contribution is -2.30. The smallest absolute Gasteiger partial charge is 0.253 e. The van der Waals surface area contributed by atoms with Gasteiger partial charge in [-0.1, -0.05) is 20.8 Å². The maximum Gasteiger partial charge on any atom is 0.253 e. The van der Waals surface area contributed by atoms with Crippen LogP contribution in [-0.2, 0) is 12.0 Å². The number of anilines is 1. The molecule has 0 unspecified atom stereocenters. The molecule has 176 valence electrons. The van der Waals surface area contributed by atoms with Gasteiger partial charge in [-0.25, -0.2) is 0 Å². The van der Waals surface area contributed by atoms with E-state index in [-0.39, 0.29) is 41.0 Å². The summed E-state index contributed by atoms with van der Waals surface area (Å²) >= 11 is 0. The summed E-state index contributed by atoms with van der Waals surface area (Å²) < 4.78 is 5.29. The van der Waals surface area contributed by atoms with Crippen LogP contribution in [0.5, 0.6) is 11.5 Å². The van der Waals surface area contributed by atoms with Crippen molar-refractivity contribution in [3.8, 4) is 11.5 Å². The van der Waals surface area contributed by atoms with Gasteiger partial charge in [0.15, 0.2) is 17.3 Å². The molecule has 8 nitrogen and oxygen atoms in total. The number of hydrogen-bond acceptors (Lipinski definition) is 6. The Kier molecular flexibility index (Phi) is 6.40. The Labute approximate surface area is 194 Å². The number of nitrogens with zero attached hydrogens (tertiary/aromatic N) is 2. The Morgan fingerprint density at radius 3 is 2.42 bits per heavy atom. The lowest BCUT2D eigenvalue weighted by Gasteiger charge is -2.23. The number of ether oxygens (including phenoxy) is 1. The summed E-state index contributed by atoms with van der Waals surface area (Å²) in [5.74, 6) is 0.0678. The Balaban J connectivity index is 1.93. The predicted octanol–water partition coefficient (Wildman–Crippen LogP) is 3.15. The van der Waals surface area contributed by atoms with Crippen LogP contribution in [0.25, 0.3) is 0 Å². The fourth-order valence-corrected chi connectivity index (χ4v) is 4.02. The van der Waals surface area contributed by atoms with Gasteiger partial charge >= 0.3 is 0 Å². The van der Waals surface area contributed by atoms with Crippen LogP contribution in [0.1, 0.15) is 58.2 Å². The number of hydrogen-bond donors (Lipinski definition) is 3. The number of aromatic hydroxyl groups is 1. The Hall–Kier alpha value is -3.55. The van der Waals surface area contributed by atoms with Crippen molar-refractivity contribution < 1.29 is 19.4 Å². The summed E-state index contributed by atoms with van der Waals surface area (Å²) in [7, 11) is 6.75. The van der Waals surface area contributed by atoms with E-state index in [4.69, 9.17) is 10.1 Å². The van der Waals surface area contributed by atoms with E-state index in [9.17, 15) is 14.7 Å². The molecule has 0 bridgehead atoms. The topological polar surface area (TPSA) is 106 Å². The van der Waals surface area contributed by atoms with Crippen LogP contribution in [0, 0.1) is 5.41 Å². The molecule has 0 atom stereocenters. The fraction of sp³-hybridized carbons (Fsp3) is 0.400. The number of methoxy groups -OCH3 is 1. The van der Waals surface area contributed by atoms with Crippen LogP contribution in [0.2, 0.25) is 0 Å². The molecule has 3 rings (SSSR count). The Morgan fingerprint density at radius 2 is 1.88 bits per heavy atom. The van der Waals surface area contributed by atoms with Crippen molar-refractivity contribution in [2.45, 2.75) is 32.7 Å². The summed E-state index contributed by atoms with van der Waals surface area (Å²) in [5.41, 5.74) is 3.43. The SMILES string of the molecule is CNC(=O)c1cc2c(cc1N(C)C)CN(CC(=O)c1cc(OC)c(O)c(C(C)(C)C)c1)C2=N. The number of amidine groups is 1. The van der Waals surface area contributed by atoms with Gasteiger partial charge < -0.3 is 25.0 Å². The lowest BCUT2D eigenvalue weighted by molar-refractivity contribution is 0.0955. The van der Waals surface area contributed by atoms with Crippen LogP contribution in [0.3, 0.4) is 0 Å². The van der Waals surface area contributed by atoms with E-state index in [1.807, 2.05) is 45.8 Å². The lowest BCUT2D eigenvalue weighted by atomic mass is 9.84. The molecule has 1 aliphatic heterocycles. The van der Waals surface area contributed by atoms with E-state index in [1.165, 1.54) is 13.2 Å². The second kappa shape index (κ2) is 8.77. The minimum absolute atomic E-state index is 0.00235.